The number of benzene rings is 2. The zero-order valence-corrected chi connectivity index (χ0v) is 15.8. The van der Waals surface area contributed by atoms with Gasteiger partial charge in [-0.15, -0.1) is 0 Å². The lowest BCUT2D eigenvalue weighted by molar-refractivity contribution is 0.599. The van der Waals surface area contributed by atoms with E-state index < -0.39 is 10.0 Å². The summed E-state index contributed by atoms with van der Waals surface area (Å²) in [5, 5.41) is 10.6. The minimum absolute atomic E-state index is 0.193. The fourth-order valence-corrected chi connectivity index (χ4v) is 5.39. The number of fused-ring (bicyclic) bond motifs is 1. The zero-order valence-electron chi connectivity index (χ0n) is 15.0. The van der Waals surface area contributed by atoms with Crippen LogP contribution in [-0.4, -0.2) is 25.3 Å². The minimum Gasteiger partial charge on any atom is -0.399 e. The lowest BCUT2D eigenvalue weighted by Gasteiger charge is -2.17. The largest absolute Gasteiger partial charge is 0.399 e. The molecule has 1 aliphatic rings. The smallest absolute Gasteiger partial charge is 0.235 e. The van der Waals surface area contributed by atoms with Crippen LogP contribution in [-0.2, 0) is 16.6 Å². The molecule has 0 spiro atoms. The molecule has 0 bridgehead atoms. The number of hydrogen-bond donors (Lipinski definition) is 1. The molecule has 2 heterocycles. The quantitative estimate of drug-likeness (QED) is 0.706. The van der Waals surface area contributed by atoms with E-state index in [4.69, 9.17) is 5.73 Å². The number of rotatable bonds is 3. The number of nitrogens with zero attached hydrogens (tertiary/aromatic N) is 3. The summed E-state index contributed by atoms with van der Waals surface area (Å²) in [7, 11) is -3.21. The molecule has 0 radical (unpaired) electrons. The molecule has 3 aromatic rings. The lowest BCUT2D eigenvalue weighted by Crippen LogP contribution is -2.24. The molecule has 0 unspecified atom stereocenters. The number of aryl methyl sites for hydroxylation is 1. The normalized spacial score (nSPS) is 15.9. The predicted octanol–water partition coefficient (Wildman–Crippen LogP) is 3.32. The molecule has 27 heavy (non-hydrogen) atoms. The molecule has 6 nitrogen and oxygen atoms in total. The van der Waals surface area contributed by atoms with Crippen molar-refractivity contribution in [3.05, 3.63) is 48.0 Å². The zero-order chi connectivity index (χ0) is 19.2. The first-order valence-corrected chi connectivity index (χ1v) is 10.5. The van der Waals surface area contributed by atoms with Crippen molar-refractivity contribution in [3.63, 3.8) is 0 Å². The summed E-state index contributed by atoms with van der Waals surface area (Å²) in [6, 6.07) is 15.3. The van der Waals surface area contributed by atoms with Gasteiger partial charge in [-0.2, -0.15) is 5.26 Å². The van der Waals surface area contributed by atoms with Crippen molar-refractivity contribution >= 4 is 32.3 Å². The van der Waals surface area contributed by atoms with Crippen LogP contribution >= 0.6 is 0 Å². The van der Waals surface area contributed by atoms with E-state index in [0.29, 0.717) is 36.4 Å². The van der Waals surface area contributed by atoms with Gasteiger partial charge in [0.05, 0.1) is 28.2 Å². The van der Waals surface area contributed by atoms with Crippen LogP contribution in [0.25, 0.3) is 22.2 Å². The molecule has 7 heteroatoms. The highest BCUT2D eigenvalue weighted by Gasteiger charge is 2.28. The monoisotopic (exact) mass is 380 g/mol. The number of nitriles is 1. The van der Waals surface area contributed by atoms with Crippen LogP contribution in [0.15, 0.2) is 42.5 Å². The van der Waals surface area contributed by atoms with Gasteiger partial charge in [0.2, 0.25) is 10.0 Å². The average Bonchev–Trinajstić information content (AvgIpc) is 3.17. The van der Waals surface area contributed by atoms with Crippen LogP contribution in [0, 0.1) is 11.3 Å². The van der Waals surface area contributed by atoms with Gasteiger partial charge >= 0.3 is 0 Å². The summed E-state index contributed by atoms with van der Waals surface area (Å²) in [5.41, 5.74) is 10.5. The first-order chi connectivity index (χ1) is 13.0. The number of sulfonamides is 1. The summed E-state index contributed by atoms with van der Waals surface area (Å²) in [6.45, 7) is 3.23. The second-order valence-corrected chi connectivity index (χ2v) is 8.66. The van der Waals surface area contributed by atoms with Crippen molar-refractivity contribution in [2.45, 2.75) is 19.9 Å². The van der Waals surface area contributed by atoms with Gasteiger partial charge in [0.25, 0.3) is 0 Å². The van der Waals surface area contributed by atoms with E-state index in [1.807, 2.05) is 43.3 Å². The van der Waals surface area contributed by atoms with E-state index in [-0.39, 0.29) is 5.75 Å². The molecule has 138 valence electrons. The molecule has 0 atom stereocenters. The molecule has 1 aliphatic heterocycles. The summed E-state index contributed by atoms with van der Waals surface area (Å²) >= 11 is 0. The van der Waals surface area contributed by atoms with Crippen molar-refractivity contribution < 1.29 is 8.42 Å². The first-order valence-electron chi connectivity index (χ1n) is 8.89. The van der Waals surface area contributed by atoms with Crippen LogP contribution in [0.2, 0.25) is 0 Å². The standard InChI is InChI=1S/C20H20N4O2S/c1-2-23-19-12-15(22)6-9-17(19)18(13-21)20(23)14-4-7-16(8-5-14)24-10-3-11-27(24,25)26/h4-9,12H,2-3,10-11,22H2,1H3. The first kappa shape index (κ1) is 17.4. The summed E-state index contributed by atoms with van der Waals surface area (Å²) in [6.07, 6.45) is 0.647. The fourth-order valence-electron chi connectivity index (χ4n) is 3.82. The van der Waals surface area contributed by atoms with Crippen LogP contribution < -0.4 is 10.0 Å². The Morgan fingerprint density at radius 3 is 2.52 bits per heavy atom. The van der Waals surface area contributed by atoms with Gasteiger partial charge in [-0.05, 0) is 49.2 Å². The molecule has 2 N–H and O–H groups in total. The van der Waals surface area contributed by atoms with Gasteiger partial charge < -0.3 is 10.3 Å². The second-order valence-electron chi connectivity index (χ2n) is 6.64. The topological polar surface area (TPSA) is 92.1 Å². The third-order valence-corrected chi connectivity index (χ3v) is 6.91. The van der Waals surface area contributed by atoms with E-state index in [1.54, 1.807) is 6.07 Å². The van der Waals surface area contributed by atoms with Crippen LogP contribution in [0.1, 0.15) is 18.9 Å². The van der Waals surface area contributed by atoms with Gasteiger partial charge in [-0.3, -0.25) is 4.31 Å². The molecule has 0 aliphatic carbocycles. The maximum Gasteiger partial charge on any atom is 0.235 e. The fraction of sp³-hybridized carbons (Fsp3) is 0.250. The van der Waals surface area contributed by atoms with Crippen molar-refractivity contribution in [2.75, 3.05) is 22.3 Å². The Morgan fingerprint density at radius 2 is 1.93 bits per heavy atom. The summed E-state index contributed by atoms with van der Waals surface area (Å²) in [5.74, 6) is 0.193. The van der Waals surface area contributed by atoms with Crippen LogP contribution in [0.5, 0.6) is 0 Å². The maximum atomic E-state index is 12.1. The van der Waals surface area contributed by atoms with Gasteiger partial charge in [-0.25, -0.2) is 8.42 Å². The Balaban J connectivity index is 1.87. The molecular weight excluding hydrogens is 360 g/mol. The molecule has 4 rings (SSSR count). The van der Waals surface area contributed by atoms with Crippen molar-refractivity contribution in [1.82, 2.24) is 4.57 Å². The Labute approximate surface area is 158 Å². The number of nitrogen functional groups attached to an aromatic ring is 1. The highest BCUT2D eigenvalue weighted by Crippen LogP contribution is 2.35. The molecule has 1 saturated heterocycles. The number of anilines is 2. The van der Waals surface area contributed by atoms with Crippen molar-refractivity contribution in [3.8, 4) is 17.3 Å². The van der Waals surface area contributed by atoms with Gasteiger partial charge in [0.1, 0.15) is 6.07 Å². The molecule has 0 amide bonds. The molecule has 2 aromatic carbocycles. The highest BCUT2D eigenvalue weighted by atomic mass is 32.2. The van der Waals surface area contributed by atoms with Gasteiger partial charge in [-0.1, -0.05) is 12.1 Å². The van der Waals surface area contributed by atoms with E-state index >= 15 is 0 Å². The Kier molecular flexibility index (Phi) is 4.08. The number of nitrogens with two attached hydrogens (primary N) is 1. The van der Waals surface area contributed by atoms with E-state index in [9.17, 15) is 13.7 Å². The Morgan fingerprint density at radius 1 is 1.19 bits per heavy atom. The van der Waals surface area contributed by atoms with Gasteiger partial charge in [0.15, 0.2) is 0 Å². The van der Waals surface area contributed by atoms with Crippen LogP contribution in [0.3, 0.4) is 0 Å². The lowest BCUT2D eigenvalue weighted by atomic mass is 10.1. The van der Waals surface area contributed by atoms with Gasteiger partial charge in [0, 0.05) is 24.2 Å². The third-order valence-electron chi connectivity index (χ3n) is 5.04. The number of hydrogen-bond acceptors (Lipinski definition) is 4. The Bertz CT molecular complexity index is 1170. The van der Waals surface area contributed by atoms with Crippen molar-refractivity contribution in [1.29, 1.82) is 5.26 Å². The highest BCUT2D eigenvalue weighted by molar-refractivity contribution is 7.93. The maximum absolute atomic E-state index is 12.1. The third kappa shape index (κ3) is 2.73. The van der Waals surface area contributed by atoms with E-state index in [1.165, 1.54) is 4.31 Å². The number of aromatic nitrogens is 1. The Hall–Kier alpha value is -2.98. The van der Waals surface area contributed by atoms with E-state index in [0.717, 1.165) is 22.2 Å². The average molecular weight is 380 g/mol. The van der Waals surface area contributed by atoms with Crippen molar-refractivity contribution in [2.24, 2.45) is 0 Å². The molecule has 1 aromatic heterocycles. The minimum atomic E-state index is -3.21. The summed E-state index contributed by atoms with van der Waals surface area (Å²) in [4.78, 5) is 0. The van der Waals surface area contributed by atoms with E-state index in [2.05, 4.69) is 10.6 Å². The molecular formula is C20H20N4O2S. The molecule has 0 saturated carbocycles. The summed E-state index contributed by atoms with van der Waals surface area (Å²) < 4.78 is 27.8. The SMILES string of the molecule is CCn1c(-c2ccc(N3CCCS3(=O)=O)cc2)c(C#N)c2ccc(N)cc21. The second kappa shape index (κ2) is 6.32. The predicted molar refractivity (Wildman–Crippen MR) is 108 cm³/mol. The van der Waals surface area contributed by atoms with Crippen LogP contribution in [0.4, 0.5) is 11.4 Å². The molecule has 1 fully saturated rings.